The van der Waals surface area contributed by atoms with E-state index in [0.717, 1.165) is 0 Å². The fraction of sp³-hybridized carbons (Fsp3) is 0.308. The Morgan fingerprint density at radius 2 is 1.88 bits per heavy atom. The summed E-state index contributed by atoms with van der Waals surface area (Å²) in [6.45, 7) is 3.89. The molecule has 0 aromatic heterocycles. The van der Waals surface area contributed by atoms with E-state index in [4.69, 9.17) is 14.6 Å². The zero-order chi connectivity index (χ0) is 12.7. The third-order valence-electron chi connectivity index (χ3n) is 2.09. The molecule has 1 N–H and O–H groups in total. The first-order valence-corrected chi connectivity index (χ1v) is 5.51. The lowest BCUT2D eigenvalue weighted by Gasteiger charge is -2.12. The molecule has 0 spiro atoms. The molecule has 0 fully saturated rings. The van der Waals surface area contributed by atoms with Crippen LogP contribution in [0.4, 0.5) is 0 Å². The van der Waals surface area contributed by atoms with Crippen molar-refractivity contribution < 1.29 is 19.4 Å². The van der Waals surface area contributed by atoms with E-state index in [1.165, 1.54) is 0 Å². The summed E-state index contributed by atoms with van der Waals surface area (Å²) < 4.78 is 10.7. The fourth-order valence-corrected chi connectivity index (χ4v) is 1.29. The van der Waals surface area contributed by atoms with Crippen molar-refractivity contribution in [1.29, 1.82) is 0 Å². The average Bonchev–Trinajstić information content (AvgIpc) is 2.31. The topological polar surface area (TPSA) is 55.8 Å². The second-order valence-electron chi connectivity index (χ2n) is 3.27. The van der Waals surface area contributed by atoms with E-state index >= 15 is 0 Å². The number of carbonyl (C=O) groups is 1. The highest BCUT2D eigenvalue weighted by molar-refractivity contribution is 5.86. The number of carboxylic acid groups (broad SMARTS) is 1. The summed E-state index contributed by atoms with van der Waals surface area (Å²) in [5.74, 6) is -0.399. The maximum absolute atomic E-state index is 11.0. The molecule has 1 aromatic rings. The molecule has 1 aromatic carbocycles. The molecular weight excluding hydrogens is 220 g/mol. The third kappa shape index (κ3) is 3.83. The van der Waals surface area contributed by atoms with Crippen LogP contribution >= 0.6 is 0 Å². The molecule has 0 amide bonds. The Hall–Kier alpha value is -1.97. The maximum Gasteiger partial charge on any atom is 0.338 e. The first-order valence-electron chi connectivity index (χ1n) is 5.51. The Balaban J connectivity index is 2.97. The molecule has 0 saturated carbocycles. The lowest BCUT2D eigenvalue weighted by atomic mass is 10.2. The van der Waals surface area contributed by atoms with Gasteiger partial charge in [0.15, 0.2) is 0 Å². The van der Waals surface area contributed by atoms with Crippen LogP contribution in [0, 0.1) is 0 Å². The van der Waals surface area contributed by atoms with Gasteiger partial charge in [0.2, 0.25) is 0 Å². The van der Waals surface area contributed by atoms with Crippen LogP contribution in [0.2, 0.25) is 0 Å². The Morgan fingerprint density at radius 3 is 2.35 bits per heavy atom. The number of hydrogen-bond donors (Lipinski definition) is 1. The van der Waals surface area contributed by atoms with Crippen LogP contribution in [0.5, 0.6) is 5.75 Å². The van der Waals surface area contributed by atoms with E-state index in [2.05, 4.69) is 0 Å². The van der Waals surface area contributed by atoms with Gasteiger partial charge in [0, 0.05) is 0 Å². The van der Waals surface area contributed by atoms with Crippen molar-refractivity contribution >= 4 is 5.97 Å². The molecule has 92 valence electrons. The summed E-state index contributed by atoms with van der Waals surface area (Å²) in [7, 11) is 0. The van der Waals surface area contributed by atoms with E-state index in [9.17, 15) is 4.79 Å². The average molecular weight is 236 g/mol. The molecule has 0 radical (unpaired) electrons. The number of carboxylic acids is 1. The number of benzene rings is 1. The Morgan fingerprint density at radius 1 is 1.24 bits per heavy atom. The highest BCUT2D eigenvalue weighted by Gasteiger charge is 2.16. The van der Waals surface area contributed by atoms with Gasteiger partial charge in [-0.3, -0.25) is 0 Å². The summed E-state index contributed by atoms with van der Waals surface area (Å²) in [4.78, 5) is 11.0. The number of rotatable bonds is 6. The van der Waals surface area contributed by atoms with Crippen LogP contribution in [-0.4, -0.2) is 17.7 Å². The van der Waals surface area contributed by atoms with E-state index in [0.29, 0.717) is 18.8 Å². The first-order chi connectivity index (χ1) is 8.19. The van der Waals surface area contributed by atoms with Crippen LogP contribution in [-0.2, 0) is 9.53 Å². The van der Waals surface area contributed by atoms with Gasteiger partial charge < -0.3 is 14.6 Å². The molecule has 0 aliphatic heterocycles. The van der Waals surface area contributed by atoms with Crippen LogP contribution < -0.4 is 4.74 Å². The van der Waals surface area contributed by atoms with E-state index in [-0.39, 0.29) is 11.5 Å². The summed E-state index contributed by atoms with van der Waals surface area (Å²) in [5, 5.41) is 9.03. The number of hydrogen-bond acceptors (Lipinski definition) is 3. The van der Waals surface area contributed by atoms with Crippen molar-refractivity contribution in [2.45, 2.75) is 20.3 Å². The smallest absolute Gasteiger partial charge is 0.338 e. The zero-order valence-electron chi connectivity index (χ0n) is 9.97. The van der Waals surface area contributed by atoms with Crippen molar-refractivity contribution in [2.24, 2.45) is 0 Å². The largest absolute Gasteiger partial charge is 0.478 e. The van der Waals surface area contributed by atoms with Crippen molar-refractivity contribution in [1.82, 2.24) is 0 Å². The van der Waals surface area contributed by atoms with Gasteiger partial charge in [-0.25, -0.2) is 4.79 Å². The van der Waals surface area contributed by atoms with Crippen molar-refractivity contribution in [3.63, 3.8) is 0 Å². The van der Waals surface area contributed by atoms with Gasteiger partial charge in [-0.1, -0.05) is 25.1 Å². The fourth-order valence-electron chi connectivity index (χ4n) is 1.29. The van der Waals surface area contributed by atoms with Crippen molar-refractivity contribution in [2.75, 3.05) is 6.61 Å². The molecule has 17 heavy (non-hydrogen) atoms. The zero-order valence-corrected chi connectivity index (χ0v) is 9.97. The van der Waals surface area contributed by atoms with Gasteiger partial charge >= 0.3 is 5.97 Å². The number of aliphatic carboxylic acids is 1. The predicted octanol–water partition coefficient (Wildman–Crippen LogP) is 2.81. The summed E-state index contributed by atoms with van der Waals surface area (Å²) in [6.07, 6.45) is 0.345. The molecule has 0 unspecified atom stereocenters. The lowest BCUT2D eigenvalue weighted by molar-refractivity contribution is -0.133. The Bertz CT molecular complexity index is 395. The lowest BCUT2D eigenvalue weighted by Crippen LogP contribution is -2.11. The second kappa shape index (κ2) is 6.58. The quantitative estimate of drug-likeness (QED) is 0.609. The van der Waals surface area contributed by atoms with E-state index < -0.39 is 5.97 Å². The molecule has 0 aliphatic carbocycles. The summed E-state index contributed by atoms with van der Waals surface area (Å²) in [5.41, 5.74) is 0.135. The molecule has 1 rings (SSSR count). The molecule has 0 saturated heterocycles. The number of ether oxygens (including phenoxy) is 2. The first kappa shape index (κ1) is 13.1. The Labute approximate surface area is 100 Å². The highest BCUT2D eigenvalue weighted by atomic mass is 16.7. The van der Waals surface area contributed by atoms with Gasteiger partial charge in [0.25, 0.3) is 5.95 Å². The molecule has 4 heteroatoms. The molecule has 4 nitrogen and oxygen atoms in total. The molecular formula is C13H16O4. The predicted molar refractivity (Wildman–Crippen MR) is 63.6 cm³/mol. The summed E-state index contributed by atoms with van der Waals surface area (Å²) >= 11 is 0. The molecule has 0 aliphatic rings. The maximum atomic E-state index is 11.0. The monoisotopic (exact) mass is 236 g/mol. The molecule has 0 bridgehead atoms. The van der Waals surface area contributed by atoms with E-state index in [1.807, 2.05) is 18.2 Å². The minimum absolute atomic E-state index is 0.0636. The van der Waals surface area contributed by atoms with Gasteiger partial charge in [-0.15, -0.1) is 0 Å². The number of para-hydroxylation sites is 1. The van der Waals surface area contributed by atoms with Crippen LogP contribution in [0.3, 0.4) is 0 Å². The Kier molecular flexibility index (Phi) is 5.07. The van der Waals surface area contributed by atoms with E-state index in [1.54, 1.807) is 26.0 Å². The third-order valence-corrected chi connectivity index (χ3v) is 2.09. The highest BCUT2D eigenvalue weighted by Crippen LogP contribution is 2.18. The minimum atomic E-state index is -1.02. The van der Waals surface area contributed by atoms with Gasteiger partial charge in [0.05, 0.1) is 6.61 Å². The second-order valence-corrected chi connectivity index (χ2v) is 3.27. The molecule has 0 heterocycles. The van der Waals surface area contributed by atoms with Gasteiger partial charge in [-0.05, 0) is 25.5 Å². The van der Waals surface area contributed by atoms with Gasteiger partial charge in [0.1, 0.15) is 11.3 Å². The van der Waals surface area contributed by atoms with Crippen LogP contribution in [0.25, 0.3) is 0 Å². The SMILES string of the molecule is CCOC(Oc1ccccc1)=C(CC)C(=O)O. The minimum Gasteiger partial charge on any atom is -0.478 e. The van der Waals surface area contributed by atoms with Crippen LogP contribution in [0.1, 0.15) is 20.3 Å². The normalized spacial score (nSPS) is 11.6. The summed E-state index contributed by atoms with van der Waals surface area (Å²) in [6, 6.07) is 8.97. The standard InChI is InChI=1S/C13H16O4/c1-3-11(12(14)15)13(16-4-2)17-10-8-6-5-7-9-10/h5-9H,3-4H2,1-2H3,(H,14,15). The molecule has 0 atom stereocenters. The van der Waals surface area contributed by atoms with Crippen molar-refractivity contribution in [3.05, 3.63) is 41.9 Å². The van der Waals surface area contributed by atoms with Gasteiger partial charge in [-0.2, -0.15) is 0 Å². The van der Waals surface area contributed by atoms with Crippen molar-refractivity contribution in [3.8, 4) is 5.75 Å². The van der Waals surface area contributed by atoms with Crippen LogP contribution in [0.15, 0.2) is 41.9 Å².